The summed E-state index contributed by atoms with van der Waals surface area (Å²) in [6, 6.07) is 43.9. The van der Waals surface area contributed by atoms with Crippen molar-refractivity contribution in [2.24, 2.45) is 7.05 Å². The molecule has 1 heterocycles. The van der Waals surface area contributed by atoms with Crippen LogP contribution in [-0.2, 0) is 7.05 Å². The van der Waals surface area contributed by atoms with Gasteiger partial charge in [0.25, 0.3) is 0 Å². The monoisotopic (exact) mass is 433 g/mol. The highest BCUT2D eigenvalue weighted by Crippen LogP contribution is 2.49. The fourth-order valence-corrected chi connectivity index (χ4v) is 5.73. The van der Waals surface area contributed by atoms with Crippen LogP contribution in [-0.4, -0.2) is 4.57 Å². The van der Waals surface area contributed by atoms with Crippen LogP contribution in [0.4, 0.5) is 0 Å². The molecule has 0 N–H and O–H groups in total. The van der Waals surface area contributed by atoms with Crippen LogP contribution in [0.3, 0.4) is 0 Å². The summed E-state index contributed by atoms with van der Waals surface area (Å²) < 4.78 is 2.39. The fraction of sp³-hybridized carbons (Fsp3) is 0.0303. The van der Waals surface area contributed by atoms with Crippen LogP contribution in [0, 0.1) is 0 Å². The van der Waals surface area contributed by atoms with Gasteiger partial charge in [-0.1, -0.05) is 115 Å². The largest absolute Gasteiger partial charge is 0.343 e. The molecule has 0 aliphatic carbocycles. The zero-order valence-corrected chi connectivity index (χ0v) is 19.0. The first-order valence-electron chi connectivity index (χ1n) is 11.8. The summed E-state index contributed by atoms with van der Waals surface area (Å²) >= 11 is 0. The van der Waals surface area contributed by atoms with Gasteiger partial charge in [-0.25, -0.2) is 0 Å². The Labute approximate surface area is 198 Å². The second-order valence-electron chi connectivity index (χ2n) is 8.99. The van der Waals surface area contributed by atoms with Crippen LogP contribution in [0.25, 0.3) is 65.6 Å². The second-order valence-corrected chi connectivity index (χ2v) is 8.99. The molecule has 0 saturated heterocycles. The molecule has 0 spiro atoms. The highest BCUT2D eigenvalue weighted by atomic mass is 14.9. The highest BCUT2D eigenvalue weighted by molar-refractivity contribution is 6.33. The molecular weight excluding hydrogens is 410 g/mol. The SMILES string of the molecule is Cn1c2ccccc2c2c(-c3ccccc3)c(-c3ccccc3)c3ccc4ccccc4c3c21. The molecule has 0 unspecified atom stereocenters. The van der Waals surface area contributed by atoms with Crippen molar-refractivity contribution in [1.29, 1.82) is 0 Å². The minimum absolute atomic E-state index is 1.25. The lowest BCUT2D eigenvalue weighted by Gasteiger charge is -2.19. The van der Waals surface area contributed by atoms with Crippen molar-refractivity contribution in [2.45, 2.75) is 0 Å². The predicted molar refractivity (Wildman–Crippen MR) is 146 cm³/mol. The number of rotatable bonds is 2. The number of fused-ring (bicyclic) bond motifs is 7. The lowest BCUT2D eigenvalue weighted by Crippen LogP contribution is -1.94. The summed E-state index contributed by atoms with van der Waals surface area (Å²) in [6.07, 6.45) is 0. The van der Waals surface area contributed by atoms with E-state index in [0.29, 0.717) is 0 Å². The Morgan fingerprint density at radius 2 is 1.03 bits per heavy atom. The number of aryl methyl sites for hydroxylation is 1. The maximum absolute atomic E-state index is 2.39. The maximum Gasteiger partial charge on any atom is 0.0581 e. The molecule has 34 heavy (non-hydrogen) atoms. The van der Waals surface area contributed by atoms with E-state index in [2.05, 4.69) is 133 Å². The first-order valence-corrected chi connectivity index (χ1v) is 11.8. The highest BCUT2D eigenvalue weighted by Gasteiger charge is 2.23. The molecule has 1 nitrogen and oxygen atoms in total. The molecule has 1 aromatic heterocycles. The molecule has 0 fully saturated rings. The van der Waals surface area contributed by atoms with E-state index in [1.165, 1.54) is 65.6 Å². The molecule has 0 bridgehead atoms. The van der Waals surface area contributed by atoms with E-state index >= 15 is 0 Å². The van der Waals surface area contributed by atoms with Crippen LogP contribution in [0.2, 0.25) is 0 Å². The third kappa shape index (κ3) is 2.61. The maximum atomic E-state index is 2.39. The summed E-state index contributed by atoms with van der Waals surface area (Å²) in [5.74, 6) is 0. The van der Waals surface area contributed by atoms with Gasteiger partial charge in [-0.05, 0) is 38.9 Å². The Hall–Kier alpha value is -4.36. The molecule has 160 valence electrons. The number of para-hydroxylation sites is 1. The smallest absolute Gasteiger partial charge is 0.0581 e. The van der Waals surface area contributed by atoms with E-state index in [0.717, 1.165) is 0 Å². The van der Waals surface area contributed by atoms with Gasteiger partial charge in [0.05, 0.1) is 5.52 Å². The zero-order valence-electron chi connectivity index (χ0n) is 19.0. The Morgan fingerprint density at radius 3 is 1.76 bits per heavy atom. The number of aromatic nitrogens is 1. The Bertz CT molecular complexity index is 1840. The van der Waals surface area contributed by atoms with Gasteiger partial charge in [0, 0.05) is 34.3 Å². The Balaban J connectivity index is 1.87. The number of hydrogen-bond donors (Lipinski definition) is 0. The van der Waals surface area contributed by atoms with Gasteiger partial charge in [-0.2, -0.15) is 0 Å². The minimum atomic E-state index is 1.25. The van der Waals surface area contributed by atoms with Gasteiger partial charge in [-0.15, -0.1) is 0 Å². The molecule has 7 aromatic rings. The molecule has 0 aliphatic heterocycles. The van der Waals surface area contributed by atoms with E-state index in [9.17, 15) is 0 Å². The van der Waals surface area contributed by atoms with E-state index in [1.807, 2.05) is 0 Å². The quantitative estimate of drug-likeness (QED) is 0.240. The molecule has 0 atom stereocenters. The molecule has 6 aromatic carbocycles. The number of nitrogens with zero attached hydrogens (tertiary/aromatic N) is 1. The van der Waals surface area contributed by atoms with E-state index in [4.69, 9.17) is 0 Å². The summed E-state index contributed by atoms with van der Waals surface area (Å²) in [5, 5.41) is 7.81. The molecule has 0 saturated carbocycles. The predicted octanol–water partition coefficient (Wildman–Crippen LogP) is 8.97. The first kappa shape index (κ1) is 19.1. The molecule has 7 rings (SSSR count). The van der Waals surface area contributed by atoms with Gasteiger partial charge >= 0.3 is 0 Å². The van der Waals surface area contributed by atoms with E-state index < -0.39 is 0 Å². The average Bonchev–Trinajstić information content (AvgIpc) is 3.21. The zero-order chi connectivity index (χ0) is 22.6. The van der Waals surface area contributed by atoms with Crippen LogP contribution in [0.1, 0.15) is 0 Å². The second kappa shape index (κ2) is 7.33. The summed E-state index contributed by atoms with van der Waals surface area (Å²) in [4.78, 5) is 0. The molecule has 0 amide bonds. The van der Waals surface area contributed by atoms with Gasteiger partial charge in [0.1, 0.15) is 0 Å². The van der Waals surface area contributed by atoms with Crippen LogP contribution in [0.15, 0.2) is 121 Å². The average molecular weight is 434 g/mol. The lowest BCUT2D eigenvalue weighted by molar-refractivity contribution is 1.02. The third-order valence-corrected chi connectivity index (χ3v) is 7.17. The molecule has 0 radical (unpaired) electrons. The van der Waals surface area contributed by atoms with Crippen molar-refractivity contribution >= 4 is 43.4 Å². The molecule has 0 aliphatic rings. The fourth-order valence-electron chi connectivity index (χ4n) is 5.73. The van der Waals surface area contributed by atoms with Crippen molar-refractivity contribution in [3.8, 4) is 22.3 Å². The Kier molecular flexibility index (Phi) is 4.13. The number of benzene rings is 6. The minimum Gasteiger partial charge on any atom is -0.343 e. The molecular formula is C33H23N. The van der Waals surface area contributed by atoms with Crippen LogP contribution < -0.4 is 0 Å². The van der Waals surface area contributed by atoms with E-state index in [1.54, 1.807) is 0 Å². The van der Waals surface area contributed by atoms with Gasteiger partial charge < -0.3 is 4.57 Å². The van der Waals surface area contributed by atoms with Crippen LogP contribution in [0.5, 0.6) is 0 Å². The topological polar surface area (TPSA) is 4.93 Å². The van der Waals surface area contributed by atoms with Crippen molar-refractivity contribution in [3.63, 3.8) is 0 Å². The van der Waals surface area contributed by atoms with Crippen molar-refractivity contribution in [2.75, 3.05) is 0 Å². The lowest BCUT2D eigenvalue weighted by atomic mass is 9.85. The normalized spacial score (nSPS) is 11.7. The van der Waals surface area contributed by atoms with Crippen molar-refractivity contribution < 1.29 is 0 Å². The van der Waals surface area contributed by atoms with Crippen LogP contribution >= 0.6 is 0 Å². The Morgan fingerprint density at radius 1 is 0.441 bits per heavy atom. The summed E-state index contributed by atoms with van der Waals surface area (Å²) in [6.45, 7) is 0. The third-order valence-electron chi connectivity index (χ3n) is 7.17. The van der Waals surface area contributed by atoms with Gasteiger partial charge in [0.15, 0.2) is 0 Å². The van der Waals surface area contributed by atoms with Gasteiger partial charge in [0.2, 0.25) is 0 Å². The number of hydrogen-bond acceptors (Lipinski definition) is 0. The first-order chi connectivity index (χ1) is 16.8. The van der Waals surface area contributed by atoms with Crippen molar-refractivity contribution in [3.05, 3.63) is 121 Å². The molecule has 1 heteroatoms. The van der Waals surface area contributed by atoms with Gasteiger partial charge in [-0.3, -0.25) is 0 Å². The summed E-state index contributed by atoms with van der Waals surface area (Å²) in [7, 11) is 2.21. The standard InChI is InChI=1S/C33H23N/c1-34-28-19-11-10-18-26(28)32-30(24-15-6-3-7-16-24)29(23-13-4-2-5-14-23)27-21-20-22-12-8-9-17-25(22)31(27)33(32)34/h2-21H,1H3. The van der Waals surface area contributed by atoms with E-state index in [-0.39, 0.29) is 0 Å². The van der Waals surface area contributed by atoms with Crippen molar-refractivity contribution in [1.82, 2.24) is 4.57 Å². The summed E-state index contributed by atoms with van der Waals surface area (Å²) in [5.41, 5.74) is 7.66.